The van der Waals surface area contributed by atoms with Gasteiger partial charge in [0.2, 0.25) is 0 Å². The highest BCUT2D eigenvalue weighted by atomic mass is 32.2. The van der Waals surface area contributed by atoms with E-state index in [1.807, 2.05) is 12.1 Å². The summed E-state index contributed by atoms with van der Waals surface area (Å²) in [5, 5.41) is 4.08. The topological polar surface area (TPSA) is 71.3 Å². The zero-order valence-corrected chi connectivity index (χ0v) is 17.3. The van der Waals surface area contributed by atoms with Crippen LogP contribution in [0.1, 0.15) is 43.6 Å². The monoisotopic (exact) mass is 396 g/mol. The van der Waals surface area contributed by atoms with Gasteiger partial charge in [-0.1, -0.05) is 12.1 Å². The second-order valence-electron chi connectivity index (χ2n) is 7.62. The number of Topliss-reactive ketones (excluding diaryl/α,β-unsaturated/α-hetero) is 1. The van der Waals surface area contributed by atoms with Crippen molar-refractivity contribution in [3.8, 4) is 0 Å². The fraction of sp³-hybridized carbons (Fsp3) is 0.273. The third-order valence-corrected chi connectivity index (χ3v) is 4.99. The van der Waals surface area contributed by atoms with Crippen LogP contribution in [0, 0.1) is 0 Å². The standard InChI is InChI=1S/C22H24N2O3S/c1-14(25)19-12-16-11-18(9-10-20(16)27-21(19)26)23-13-15-5-7-17(8-6-15)24-28-22(2,3)4/h5-12,23-24H,13H2,1-4H3. The minimum atomic E-state index is -0.598. The van der Waals surface area contributed by atoms with Crippen LogP contribution >= 0.6 is 11.9 Å². The van der Waals surface area contributed by atoms with Crippen LogP contribution in [0.15, 0.2) is 57.7 Å². The molecule has 0 atom stereocenters. The molecular weight excluding hydrogens is 372 g/mol. The normalized spacial score (nSPS) is 11.4. The largest absolute Gasteiger partial charge is 0.422 e. The molecule has 1 aromatic heterocycles. The molecule has 146 valence electrons. The Morgan fingerprint density at radius 3 is 2.36 bits per heavy atom. The summed E-state index contributed by atoms with van der Waals surface area (Å²) >= 11 is 1.69. The number of ketones is 1. The fourth-order valence-electron chi connectivity index (χ4n) is 2.59. The molecule has 0 fully saturated rings. The van der Waals surface area contributed by atoms with E-state index in [0.29, 0.717) is 17.5 Å². The van der Waals surface area contributed by atoms with Crippen molar-refractivity contribution in [2.75, 3.05) is 10.0 Å². The second kappa shape index (κ2) is 8.10. The smallest absolute Gasteiger partial charge is 0.347 e. The van der Waals surface area contributed by atoms with Gasteiger partial charge >= 0.3 is 5.63 Å². The van der Waals surface area contributed by atoms with Crippen LogP contribution in [-0.2, 0) is 6.54 Å². The Bertz CT molecular complexity index is 1050. The van der Waals surface area contributed by atoms with Crippen LogP contribution in [0.2, 0.25) is 0 Å². The predicted octanol–water partition coefficient (Wildman–Crippen LogP) is 5.47. The van der Waals surface area contributed by atoms with Gasteiger partial charge < -0.3 is 14.5 Å². The van der Waals surface area contributed by atoms with Crippen LogP contribution in [0.5, 0.6) is 0 Å². The molecule has 0 radical (unpaired) electrons. The van der Waals surface area contributed by atoms with Crippen molar-refractivity contribution in [1.82, 2.24) is 0 Å². The molecule has 6 heteroatoms. The van der Waals surface area contributed by atoms with Crippen molar-refractivity contribution in [3.63, 3.8) is 0 Å². The summed E-state index contributed by atoms with van der Waals surface area (Å²) in [6, 6.07) is 15.3. The van der Waals surface area contributed by atoms with Crippen molar-refractivity contribution in [1.29, 1.82) is 0 Å². The average molecular weight is 397 g/mol. The van der Waals surface area contributed by atoms with Gasteiger partial charge in [-0.3, -0.25) is 4.79 Å². The summed E-state index contributed by atoms with van der Waals surface area (Å²) < 4.78 is 8.73. The van der Waals surface area contributed by atoms with Crippen LogP contribution in [0.3, 0.4) is 0 Å². The summed E-state index contributed by atoms with van der Waals surface area (Å²) in [5.41, 5.74) is 3.05. The number of hydrogen-bond acceptors (Lipinski definition) is 6. The number of rotatable bonds is 6. The Balaban J connectivity index is 1.68. The highest BCUT2D eigenvalue weighted by Crippen LogP contribution is 2.25. The predicted molar refractivity (Wildman–Crippen MR) is 117 cm³/mol. The Labute approximate surface area is 168 Å². The molecule has 28 heavy (non-hydrogen) atoms. The third kappa shape index (κ3) is 5.16. The number of fused-ring (bicyclic) bond motifs is 1. The highest BCUT2D eigenvalue weighted by molar-refractivity contribution is 8.01. The number of nitrogens with one attached hydrogen (secondary N) is 2. The maximum Gasteiger partial charge on any atom is 0.347 e. The van der Waals surface area contributed by atoms with Gasteiger partial charge in [-0.05, 0) is 81.6 Å². The SMILES string of the molecule is CC(=O)c1cc2cc(NCc3ccc(NSC(C)(C)C)cc3)ccc2oc1=O. The van der Waals surface area contributed by atoms with Gasteiger partial charge in [0.25, 0.3) is 0 Å². The van der Waals surface area contributed by atoms with Gasteiger partial charge in [-0.15, -0.1) is 0 Å². The maximum atomic E-state index is 11.8. The van der Waals surface area contributed by atoms with E-state index in [4.69, 9.17) is 4.42 Å². The molecule has 0 saturated heterocycles. The summed E-state index contributed by atoms with van der Waals surface area (Å²) in [6.45, 7) is 8.51. The number of carbonyl (C=O) groups excluding carboxylic acids is 1. The molecule has 0 spiro atoms. The molecule has 2 aromatic carbocycles. The van der Waals surface area contributed by atoms with Gasteiger partial charge in [-0.25, -0.2) is 4.79 Å². The van der Waals surface area contributed by atoms with E-state index in [2.05, 4.69) is 55.1 Å². The van der Waals surface area contributed by atoms with Gasteiger partial charge in [-0.2, -0.15) is 0 Å². The molecule has 0 aliphatic carbocycles. The quantitative estimate of drug-likeness (QED) is 0.327. The van der Waals surface area contributed by atoms with Gasteiger partial charge in [0.05, 0.1) is 0 Å². The van der Waals surface area contributed by atoms with E-state index < -0.39 is 5.63 Å². The Hall–Kier alpha value is -2.73. The van der Waals surface area contributed by atoms with E-state index in [1.54, 1.807) is 24.1 Å². The summed E-state index contributed by atoms with van der Waals surface area (Å²) in [4.78, 5) is 23.3. The first kappa shape index (κ1) is 20.0. The van der Waals surface area contributed by atoms with Gasteiger partial charge in [0.15, 0.2) is 5.78 Å². The number of benzene rings is 2. The van der Waals surface area contributed by atoms with E-state index in [9.17, 15) is 9.59 Å². The minimum absolute atomic E-state index is 0.0702. The lowest BCUT2D eigenvalue weighted by Crippen LogP contribution is -2.11. The third-order valence-electron chi connectivity index (χ3n) is 4.04. The lowest BCUT2D eigenvalue weighted by molar-refractivity contribution is 0.101. The van der Waals surface area contributed by atoms with Crippen LogP contribution in [-0.4, -0.2) is 10.5 Å². The number of carbonyl (C=O) groups is 1. The van der Waals surface area contributed by atoms with Crippen LogP contribution in [0.25, 0.3) is 11.0 Å². The molecule has 3 rings (SSSR count). The molecule has 0 aliphatic heterocycles. The molecule has 0 aliphatic rings. The molecule has 3 aromatic rings. The first-order valence-electron chi connectivity index (χ1n) is 9.07. The van der Waals surface area contributed by atoms with Crippen molar-refractivity contribution in [2.24, 2.45) is 0 Å². The first-order chi connectivity index (χ1) is 13.2. The lowest BCUT2D eigenvalue weighted by Gasteiger charge is -2.18. The molecule has 0 unspecified atom stereocenters. The molecule has 5 nitrogen and oxygen atoms in total. The van der Waals surface area contributed by atoms with Crippen LogP contribution < -0.4 is 15.7 Å². The molecule has 1 heterocycles. The van der Waals surface area contributed by atoms with E-state index >= 15 is 0 Å². The Morgan fingerprint density at radius 1 is 1.04 bits per heavy atom. The summed E-state index contributed by atoms with van der Waals surface area (Å²) in [5.74, 6) is -0.299. The summed E-state index contributed by atoms with van der Waals surface area (Å²) in [7, 11) is 0. The minimum Gasteiger partial charge on any atom is -0.422 e. The Morgan fingerprint density at radius 2 is 1.71 bits per heavy atom. The van der Waals surface area contributed by atoms with E-state index in [1.165, 1.54) is 6.92 Å². The highest BCUT2D eigenvalue weighted by Gasteiger charge is 2.11. The Kier molecular flexibility index (Phi) is 5.79. The molecule has 0 bridgehead atoms. The van der Waals surface area contributed by atoms with Crippen molar-refractivity contribution >= 4 is 40.1 Å². The van der Waals surface area contributed by atoms with Gasteiger partial charge in [0.1, 0.15) is 11.1 Å². The lowest BCUT2D eigenvalue weighted by atomic mass is 10.1. The van der Waals surface area contributed by atoms with E-state index in [-0.39, 0.29) is 16.1 Å². The van der Waals surface area contributed by atoms with Crippen molar-refractivity contribution < 1.29 is 9.21 Å². The van der Waals surface area contributed by atoms with Crippen molar-refractivity contribution in [2.45, 2.75) is 39.0 Å². The fourth-order valence-corrected chi connectivity index (χ4v) is 3.15. The number of hydrogen-bond donors (Lipinski definition) is 2. The molecule has 2 N–H and O–H groups in total. The molecular formula is C22H24N2O3S. The zero-order chi connectivity index (χ0) is 20.3. The van der Waals surface area contributed by atoms with Crippen molar-refractivity contribution in [3.05, 3.63) is 70.1 Å². The van der Waals surface area contributed by atoms with E-state index in [0.717, 1.165) is 16.9 Å². The second-order valence-corrected chi connectivity index (χ2v) is 9.26. The average Bonchev–Trinajstić information content (AvgIpc) is 2.64. The van der Waals surface area contributed by atoms with Gasteiger partial charge in [0, 0.05) is 28.1 Å². The molecule has 0 amide bonds. The number of anilines is 2. The molecule has 0 saturated carbocycles. The zero-order valence-electron chi connectivity index (χ0n) is 16.5. The van der Waals surface area contributed by atoms with Crippen LogP contribution in [0.4, 0.5) is 11.4 Å². The summed E-state index contributed by atoms with van der Waals surface area (Å²) in [6.07, 6.45) is 0. The first-order valence-corrected chi connectivity index (χ1v) is 9.89. The maximum absolute atomic E-state index is 11.8.